The van der Waals surface area contributed by atoms with Gasteiger partial charge in [0.05, 0.1) is 37.1 Å². The third-order valence-corrected chi connectivity index (χ3v) is 14.8. The molecule has 378 valence electrons. The summed E-state index contributed by atoms with van der Waals surface area (Å²) in [6, 6.07) is 4.45. The van der Waals surface area contributed by atoms with Gasteiger partial charge in [-0.25, -0.2) is 9.78 Å². The number of aromatic amines is 1. The van der Waals surface area contributed by atoms with E-state index in [0.717, 1.165) is 62.5 Å². The molecule has 3 amide bonds. The molecule has 8 rings (SSSR count). The molecule has 2 aromatic rings. The number of carbonyl (C=O) groups is 4. The van der Waals surface area contributed by atoms with E-state index < -0.39 is 17.7 Å². The average Bonchev–Trinajstić information content (AvgIpc) is 4.15. The number of likely N-dealkylation sites (tertiary alicyclic amines) is 2. The highest BCUT2D eigenvalue weighted by Gasteiger charge is 2.46. The fraction of sp³-hybridized carbons (Fsp3) is 0.741. The van der Waals surface area contributed by atoms with E-state index in [0.29, 0.717) is 37.4 Å². The monoisotopic (exact) mass is 943 g/mol. The maximum Gasteiger partial charge on any atom is 0.408 e. The molecule has 4 N–H and O–H groups in total. The van der Waals surface area contributed by atoms with E-state index in [4.69, 9.17) is 14.7 Å². The van der Waals surface area contributed by atoms with Gasteiger partial charge in [-0.15, -0.1) is 0 Å². The number of ether oxygens (including phenoxy) is 2. The number of hydrogen-bond acceptors (Lipinski definition) is 10. The van der Waals surface area contributed by atoms with Gasteiger partial charge >= 0.3 is 6.09 Å². The first kappa shape index (κ1) is 52.9. The zero-order chi connectivity index (χ0) is 49.4. The molecular formula is C54H86N8O6. The van der Waals surface area contributed by atoms with Crippen LogP contribution in [-0.4, -0.2) is 113 Å². The number of benzene rings is 1. The normalized spacial score (nSPS) is 24.6. The van der Waals surface area contributed by atoms with Crippen molar-refractivity contribution in [1.82, 2.24) is 35.7 Å². The van der Waals surface area contributed by atoms with Crippen molar-refractivity contribution in [3.8, 4) is 11.3 Å². The van der Waals surface area contributed by atoms with E-state index in [1.165, 1.54) is 75.3 Å². The van der Waals surface area contributed by atoms with Gasteiger partial charge in [0.15, 0.2) is 0 Å². The highest BCUT2D eigenvalue weighted by molar-refractivity contribution is 5.93. The molecule has 3 unspecified atom stereocenters. The molecular weight excluding hydrogens is 857 g/mol. The summed E-state index contributed by atoms with van der Waals surface area (Å²) in [5, 5.41) is 9.73. The van der Waals surface area contributed by atoms with Crippen molar-refractivity contribution in [3.63, 3.8) is 0 Å². The first-order valence-electron chi connectivity index (χ1n) is 26.2. The van der Waals surface area contributed by atoms with Crippen molar-refractivity contribution < 1.29 is 28.7 Å². The standard InChI is InChI=1S/C46H68N8O4.C5H10O2.C3H8/c1-28(2)40(52-44(57)58-45(3,4)5)43(56)54-24-10-12-37(54)42-49-26-35(51-42)32-18-17-31(39-33(32)19-22-46(39)20-7-8-21-46)29-13-15-30(16-14-29)34-25-48-41(50-34)36-11-9-23-53(36)38(55)27-47-6;1-5(2,3)7-4-6;1-3-2/h17-18,26,28-30,34,36-37,40,47H,7-16,19-25,27H2,1-6H3,(H,48,50)(H,49,51)(H,52,57);4H,1-3H3;3H2,1-2H3/t29?,30?,34?,36-,37?,40?;;/m0../s1. The number of H-pyrrole nitrogens is 1. The van der Waals surface area contributed by atoms with Crippen molar-refractivity contribution >= 4 is 30.2 Å². The molecule has 6 aliphatic rings. The van der Waals surface area contributed by atoms with E-state index in [1.807, 2.05) is 78.4 Å². The third-order valence-electron chi connectivity index (χ3n) is 14.8. The number of likely N-dealkylation sites (N-methyl/N-ethyl adjacent to an activating group) is 1. The molecule has 2 saturated carbocycles. The minimum Gasteiger partial charge on any atom is -0.462 e. The quantitative estimate of drug-likeness (QED) is 0.160. The lowest BCUT2D eigenvalue weighted by Gasteiger charge is -2.36. The Hall–Kier alpha value is -4.46. The molecule has 3 aliphatic carbocycles. The van der Waals surface area contributed by atoms with E-state index in [-0.39, 0.29) is 40.8 Å². The van der Waals surface area contributed by atoms with Crippen LogP contribution in [0.2, 0.25) is 0 Å². The van der Waals surface area contributed by atoms with Crippen LogP contribution in [-0.2, 0) is 35.7 Å². The highest BCUT2D eigenvalue weighted by atomic mass is 16.6. The molecule has 14 nitrogen and oxygen atoms in total. The minimum atomic E-state index is -0.679. The highest BCUT2D eigenvalue weighted by Crippen LogP contribution is 2.56. The van der Waals surface area contributed by atoms with E-state index in [9.17, 15) is 19.2 Å². The van der Waals surface area contributed by atoms with Crippen molar-refractivity contribution in [3.05, 3.63) is 40.8 Å². The van der Waals surface area contributed by atoms with Crippen molar-refractivity contribution in [2.75, 3.05) is 33.2 Å². The summed E-state index contributed by atoms with van der Waals surface area (Å²) in [5.74, 6) is 3.02. The molecule has 0 bridgehead atoms. The van der Waals surface area contributed by atoms with Crippen LogP contribution < -0.4 is 16.0 Å². The van der Waals surface area contributed by atoms with Gasteiger partial charge in [-0.05, 0) is 165 Å². The fourth-order valence-electron chi connectivity index (χ4n) is 11.8. The van der Waals surface area contributed by atoms with Crippen LogP contribution in [0, 0.1) is 11.8 Å². The van der Waals surface area contributed by atoms with Crippen LogP contribution in [0.25, 0.3) is 11.3 Å². The average molecular weight is 943 g/mol. The molecule has 1 aromatic heterocycles. The van der Waals surface area contributed by atoms with Gasteiger partial charge in [-0.1, -0.05) is 59.1 Å². The van der Waals surface area contributed by atoms with E-state index in [1.54, 1.807) is 11.1 Å². The second-order valence-corrected chi connectivity index (χ2v) is 22.7. The summed E-state index contributed by atoms with van der Waals surface area (Å²) in [7, 11) is 1.83. The summed E-state index contributed by atoms with van der Waals surface area (Å²) in [6.07, 6.45) is 18.8. The Morgan fingerprint density at radius 2 is 1.56 bits per heavy atom. The lowest BCUT2D eigenvalue weighted by atomic mass is 9.70. The number of aliphatic imine (C=N–C) groups is 1. The summed E-state index contributed by atoms with van der Waals surface area (Å²) in [6.45, 7) is 22.2. The van der Waals surface area contributed by atoms with Crippen LogP contribution in [0.5, 0.6) is 0 Å². The van der Waals surface area contributed by atoms with Crippen LogP contribution >= 0.6 is 0 Å². The number of hydrogen-bond donors (Lipinski definition) is 4. The first-order valence-corrected chi connectivity index (χ1v) is 26.2. The summed E-state index contributed by atoms with van der Waals surface area (Å²) >= 11 is 0. The number of nitrogens with one attached hydrogen (secondary N) is 4. The van der Waals surface area contributed by atoms with Crippen LogP contribution in [0.1, 0.15) is 194 Å². The largest absolute Gasteiger partial charge is 0.462 e. The Kier molecular flexibility index (Phi) is 17.9. The van der Waals surface area contributed by atoms with Crippen molar-refractivity contribution in [2.45, 2.75) is 212 Å². The molecule has 1 spiro atoms. The fourth-order valence-corrected chi connectivity index (χ4v) is 11.8. The lowest BCUT2D eigenvalue weighted by Crippen LogP contribution is -2.52. The minimum absolute atomic E-state index is 0.0850. The number of imidazole rings is 1. The maximum atomic E-state index is 14.0. The number of amidine groups is 1. The molecule has 1 aromatic carbocycles. The molecule has 4 heterocycles. The molecule has 68 heavy (non-hydrogen) atoms. The second kappa shape index (κ2) is 23.0. The number of fused-ring (bicyclic) bond motifs is 2. The Morgan fingerprint density at radius 3 is 2.16 bits per heavy atom. The van der Waals surface area contributed by atoms with Gasteiger partial charge in [0, 0.05) is 24.7 Å². The van der Waals surface area contributed by atoms with Crippen molar-refractivity contribution in [2.24, 2.45) is 16.8 Å². The number of amides is 3. The Labute approximate surface area is 407 Å². The number of carbonyl (C=O) groups excluding carboxylic acids is 4. The van der Waals surface area contributed by atoms with Gasteiger partial charge in [0.2, 0.25) is 11.8 Å². The number of aromatic nitrogens is 2. The van der Waals surface area contributed by atoms with Gasteiger partial charge in [0.25, 0.3) is 6.47 Å². The predicted molar refractivity (Wildman–Crippen MR) is 270 cm³/mol. The molecule has 14 heteroatoms. The summed E-state index contributed by atoms with van der Waals surface area (Å²) in [5.41, 5.74) is 6.41. The van der Waals surface area contributed by atoms with E-state index >= 15 is 0 Å². The summed E-state index contributed by atoms with van der Waals surface area (Å²) in [4.78, 5) is 66.7. The smallest absolute Gasteiger partial charge is 0.408 e. The van der Waals surface area contributed by atoms with Gasteiger partial charge in [-0.3, -0.25) is 19.4 Å². The summed E-state index contributed by atoms with van der Waals surface area (Å²) < 4.78 is 10.1. The topological polar surface area (TPSA) is 170 Å². The first-order chi connectivity index (χ1) is 32.3. The number of rotatable bonds is 11. The Morgan fingerprint density at radius 1 is 0.897 bits per heavy atom. The van der Waals surface area contributed by atoms with Gasteiger partial charge in [0.1, 0.15) is 28.9 Å². The van der Waals surface area contributed by atoms with E-state index in [2.05, 4.69) is 51.7 Å². The molecule has 0 radical (unpaired) electrons. The third kappa shape index (κ3) is 12.6. The maximum absolute atomic E-state index is 14.0. The van der Waals surface area contributed by atoms with Gasteiger partial charge in [-0.2, -0.15) is 0 Å². The Balaban J connectivity index is 0.000000691. The number of nitrogens with zero attached hydrogens (tertiary/aromatic N) is 4. The molecule has 4 fully saturated rings. The molecule has 2 saturated heterocycles. The lowest BCUT2D eigenvalue weighted by molar-refractivity contribution is -0.138. The predicted octanol–water partition coefficient (Wildman–Crippen LogP) is 9.28. The SMILES string of the molecule is CC(C)(C)OC=O.CCC.CNCC(=O)N1CCC[C@H]1C1=NCC(C2CCC(c3ccc(-c4cnc(C5CCCN5C(=O)C(NC(=O)OC(C)(C)C)C(C)C)[nH]4)c4c3C3(CCCC3)CC4)CC2)N1. The molecule has 4 atom stereocenters. The Bertz CT molecular complexity index is 2050. The van der Waals surface area contributed by atoms with Crippen LogP contribution in [0.15, 0.2) is 23.3 Å². The second-order valence-electron chi connectivity index (χ2n) is 22.7. The van der Waals surface area contributed by atoms with Crippen LogP contribution in [0.3, 0.4) is 0 Å². The molecule has 3 aliphatic heterocycles. The zero-order valence-corrected chi connectivity index (χ0v) is 43.5. The zero-order valence-electron chi connectivity index (χ0n) is 43.5. The van der Waals surface area contributed by atoms with Crippen molar-refractivity contribution in [1.29, 1.82) is 0 Å². The van der Waals surface area contributed by atoms with Crippen LogP contribution in [0.4, 0.5) is 4.79 Å². The van der Waals surface area contributed by atoms with Gasteiger partial charge < -0.3 is 40.2 Å². The number of alkyl carbamates (subject to hydrolysis) is 1.